The first-order valence-electron chi connectivity index (χ1n) is 8.39. The summed E-state index contributed by atoms with van der Waals surface area (Å²) in [5.41, 5.74) is 0.704. The normalized spacial score (nSPS) is 11.9. The highest BCUT2D eigenvalue weighted by atomic mass is 19.4. The van der Waals surface area contributed by atoms with Gasteiger partial charge in [0, 0.05) is 0 Å². The largest absolute Gasteiger partial charge is 0.444 e. The fourth-order valence-corrected chi connectivity index (χ4v) is 2.92. The van der Waals surface area contributed by atoms with E-state index in [4.69, 9.17) is 4.42 Å². The number of aryl methyl sites for hydroxylation is 1. The van der Waals surface area contributed by atoms with Crippen LogP contribution in [0.1, 0.15) is 17.2 Å². The summed E-state index contributed by atoms with van der Waals surface area (Å²) in [6.07, 6.45) is -1.41. The Morgan fingerprint density at radius 3 is 2.39 bits per heavy atom. The molecule has 0 atom stereocenters. The number of hydrogen-bond acceptors (Lipinski definition) is 4. The maximum absolute atomic E-state index is 12.8. The summed E-state index contributed by atoms with van der Waals surface area (Å²) in [5.74, 6) is 1.03. The second-order valence-corrected chi connectivity index (χ2v) is 6.35. The van der Waals surface area contributed by atoms with Crippen molar-refractivity contribution < 1.29 is 17.6 Å². The monoisotopic (exact) mass is 385 g/mol. The molecule has 4 aromatic rings. The minimum atomic E-state index is -4.39. The second-order valence-electron chi connectivity index (χ2n) is 6.35. The SMILES string of the molecule is Cc1cnc(Cn2cnc3ccc(-c4ccc(C(F)(F)F)cc4)cc3c2=O)o1. The molecule has 8 heteroatoms. The first-order chi connectivity index (χ1) is 13.3. The zero-order valence-corrected chi connectivity index (χ0v) is 14.7. The lowest BCUT2D eigenvalue weighted by molar-refractivity contribution is -0.137. The first-order valence-corrected chi connectivity index (χ1v) is 8.39. The predicted octanol–water partition coefficient (Wildman–Crippen LogP) is 4.43. The summed E-state index contributed by atoms with van der Waals surface area (Å²) in [5, 5.41) is 0.364. The third kappa shape index (κ3) is 3.40. The standard InChI is InChI=1S/C20H14F3N3O2/c1-12-9-24-18(28-12)10-26-11-25-17-7-4-14(8-16(17)19(26)27)13-2-5-15(6-3-13)20(21,22)23/h2-9,11H,10H2,1H3. The summed E-state index contributed by atoms with van der Waals surface area (Å²) < 4.78 is 45.0. The van der Waals surface area contributed by atoms with Crippen LogP contribution < -0.4 is 5.56 Å². The smallest absolute Gasteiger partial charge is 0.416 e. The summed E-state index contributed by atoms with van der Waals surface area (Å²) >= 11 is 0. The van der Waals surface area contributed by atoms with E-state index >= 15 is 0 Å². The lowest BCUT2D eigenvalue weighted by Crippen LogP contribution is -2.21. The number of aromatic nitrogens is 3. The topological polar surface area (TPSA) is 60.9 Å². The van der Waals surface area contributed by atoms with E-state index in [9.17, 15) is 18.0 Å². The van der Waals surface area contributed by atoms with Crippen LogP contribution in [-0.4, -0.2) is 14.5 Å². The number of alkyl halides is 3. The quantitative estimate of drug-likeness (QED) is 0.524. The molecule has 0 bridgehead atoms. The molecule has 0 unspecified atom stereocenters. The van der Waals surface area contributed by atoms with Crippen LogP contribution >= 0.6 is 0 Å². The van der Waals surface area contributed by atoms with Gasteiger partial charge in [0.25, 0.3) is 5.56 Å². The van der Waals surface area contributed by atoms with Crippen LogP contribution in [0.15, 0.2) is 64.2 Å². The number of benzene rings is 2. The maximum atomic E-state index is 12.8. The second kappa shape index (κ2) is 6.63. The van der Waals surface area contributed by atoms with Gasteiger partial charge in [-0.05, 0) is 42.3 Å². The molecule has 0 radical (unpaired) electrons. The molecule has 2 aromatic carbocycles. The Balaban J connectivity index is 1.73. The Bertz CT molecular complexity index is 1210. The summed E-state index contributed by atoms with van der Waals surface area (Å²) in [6.45, 7) is 1.90. The van der Waals surface area contributed by atoms with E-state index in [2.05, 4.69) is 9.97 Å². The van der Waals surface area contributed by atoms with Crippen molar-refractivity contribution >= 4 is 10.9 Å². The van der Waals surface area contributed by atoms with Gasteiger partial charge in [-0.3, -0.25) is 9.36 Å². The number of fused-ring (bicyclic) bond motifs is 1. The van der Waals surface area contributed by atoms with Crippen LogP contribution in [0, 0.1) is 6.92 Å². The van der Waals surface area contributed by atoms with E-state index in [1.165, 1.54) is 23.0 Å². The Labute approximate surface area is 157 Å². The van der Waals surface area contributed by atoms with E-state index in [0.717, 1.165) is 12.1 Å². The number of rotatable bonds is 3. The van der Waals surface area contributed by atoms with Crippen LogP contribution in [0.3, 0.4) is 0 Å². The van der Waals surface area contributed by atoms with Gasteiger partial charge in [0.2, 0.25) is 5.89 Å². The summed E-state index contributed by atoms with van der Waals surface area (Å²) in [6, 6.07) is 9.83. The molecule has 0 saturated heterocycles. The molecule has 0 aliphatic heterocycles. The average Bonchev–Trinajstić information content (AvgIpc) is 3.08. The van der Waals surface area contributed by atoms with Gasteiger partial charge >= 0.3 is 6.18 Å². The van der Waals surface area contributed by atoms with Gasteiger partial charge in [0.05, 0.1) is 29.0 Å². The molecule has 0 spiro atoms. The van der Waals surface area contributed by atoms with E-state index < -0.39 is 11.7 Å². The molecule has 0 aliphatic rings. The lowest BCUT2D eigenvalue weighted by Gasteiger charge is -2.09. The van der Waals surface area contributed by atoms with E-state index in [-0.39, 0.29) is 12.1 Å². The Kier molecular flexibility index (Phi) is 4.26. The first kappa shape index (κ1) is 18.0. The summed E-state index contributed by atoms with van der Waals surface area (Å²) in [4.78, 5) is 21.2. The maximum Gasteiger partial charge on any atom is 0.416 e. The fraction of sp³-hybridized carbons (Fsp3) is 0.150. The van der Waals surface area contributed by atoms with E-state index in [1.54, 1.807) is 31.3 Å². The van der Waals surface area contributed by atoms with Gasteiger partial charge in [-0.2, -0.15) is 13.2 Å². The van der Waals surface area contributed by atoms with Crippen molar-refractivity contribution in [1.29, 1.82) is 0 Å². The number of hydrogen-bond donors (Lipinski definition) is 0. The fourth-order valence-electron chi connectivity index (χ4n) is 2.92. The van der Waals surface area contributed by atoms with Gasteiger partial charge in [0.15, 0.2) is 0 Å². The molecular formula is C20H14F3N3O2. The van der Waals surface area contributed by atoms with Crippen molar-refractivity contribution in [2.24, 2.45) is 0 Å². The van der Waals surface area contributed by atoms with Crippen molar-refractivity contribution in [3.05, 3.63) is 82.6 Å². The van der Waals surface area contributed by atoms with Crippen molar-refractivity contribution in [1.82, 2.24) is 14.5 Å². The van der Waals surface area contributed by atoms with Crippen molar-refractivity contribution in [3.63, 3.8) is 0 Å². The summed E-state index contributed by atoms with van der Waals surface area (Å²) in [7, 11) is 0. The van der Waals surface area contributed by atoms with Gasteiger partial charge in [0.1, 0.15) is 12.3 Å². The zero-order chi connectivity index (χ0) is 19.9. The molecule has 2 aromatic heterocycles. The van der Waals surface area contributed by atoms with Gasteiger partial charge in [-0.15, -0.1) is 0 Å². The van der Waals surface area contributed by atoms with Gasteiger partial charge in [-0.25, -0.2) is 9.97 Å². The molecule has 142 valence electrons. The molecule has 0 N–H and O–H groups in total. The zero-order valence-electron chi connectivity index (χ0n) is 14.7. The number of nitrogens with zero attached hydrogens (tertiary/aromatic N) is 3. The van der Waals surface area contributed by atoms with Gasteiger partial charge in [-0.1, -0.05) is 18.2 Å². The van der Waals surface area contributed by atoms with Crippen molar-refractivity contribution in [2.75, 3.05) is 0 Å². The molecule has 0 saturated carbocycles. The minimum Gasteiger partial charge on any atom is -0.444 e. The minimum absolute atomic E-state index is 0.139. The molecule has 0 amide bonds. The van der Waals surface area contributed by atoms with Crippen LogP contribution in [0.4, 0.5) is 13.2 Å². The molecule has 28 heavy (non-hydrogen) atoms. The molecule has 4 rings (SSSR count). The van der Waals surface area contributed by atoms with Crippen LogP contribution in [-0.2, 0) is 12.7 Å². The highest BCUT2D eigenvalue weighted by Gasteiger charge is 2.29. The Morgan fingerprint density at radius 2 is 1.75 bits per heavy atom. The molecular weight excluding hydrogens is 371 g/mol. The van der Waals surface area contributed by atoms with Crippen LogP contribution in [0.25, 0.3) is 22.0 Å². The third-order valence-corrected chi connectivity index (χ3v) is 4.34. The Morgan fingerprint density at radius 1 is 1.04 bits per heavy atom. The number of halogens is 3. The molecule has 2 heterocycles. The number of oxazole rings is 1. The van der Waals surface area contributed by atoms with Crippen molar-refractivity contribution in [2.45, 2.75) is 19.6 Å². The third-order valence-electron chi connectivity index (χ3n) is 4.34. The Hall–Kier alpha value is -3.42. The molecule has 5 nitrogen and oxygen atoms in total. The predicted molar refractivity (Wildman–Crippen MR) is 96.8 cm³/mol. The highest BCUT2D eigenvalue weighted by Crippen LogP contribution is 2.31. The van der Waals surface area contributed by atoms with Gasteiger partial charge < -0.3 is 4.42 Å². The lowest BCUT2D eigenvalue weighted by atomic mass is 10.0. The van der Waals surface area contributed by atoms with E-state index in [0.29, 0.717) is 33.7 Å². The average molecular weight is 385 g/mol. The highest BCUT2D eigenvalue weighted by molar-refractivity contribution is 5.83. The van der Waals surface area contributed by atoms with E-state index in [1.807, 2.05) is 0 Å². The van der Waals surface area contributed by atoms with Crippen molar-refractivity contribution in [3.8, 4) is 11.1 Å². The van der Waals surface area contributed by atoms with Crippen LogP contribution in [0.2, 0.25) is 0 Å². The molecule has 0 aliphatic carbocycles. The molecule has 0 fully saturated rings. The van der Waals surface area contributed by atoms with Crippen LogP contribution in [0.5, 0.6) is 0 Å².